The van der Waals surface area contributed by atoms with E-state index in [0.717, 1.165) is 25.7 Å². The molecule has 3 N–H and O–H groups in total. The summed E-state index contributed by atoms with van der Waals surface area (Å²) in [7, 11) is 0. The van der Waals surface area contributed by atoms with Crippen molar-refractivity contribution >= 4 is 11.9 Å². The van der Waals surface area contributed by atoms with Gasteiger partial charge in [0.15, 0.2) is 0 Å². The van der Waals surface area contributed by atoms with E-state index in [1.165, 1.54) is 6.42 Å². The summed E-state index contributed by atoms with van der Waals surface area (Å²) < 4.78 is 5.35. The topological polar surface area (TPSA) is 89.6 Å². The number of carboxylic acid groups (broad SMARTS) is 1. The Morgan fingerprint density at radius 2 is 2.05 bits per heavy atom. The molecule has 0 aromatic rings. The van der Waals surface area contributed by atoms with Gasteiger partial charge in [0.25, 0.3) is 0 Å². The van der Waals surface area contributed by atoms with E-state index in [2.05, 4.69) is 12.2 Å². The van der Waals surface area contributed by atoms with Crippen LogP contribution in [0.2, 0.25) is 0 Å². The number of hydrogen-bond donors (Lipinski definition) is 2. The van der Waals surface area contributed by atoms with Gasteiger partial charge in [-0.15, -0.1) is 0 Å². The lowest BCUT2D eigenvalue weighted by Crippen LogP contribution is -2.29. The predicted octanol–water partition coefficient (Wildman–Crippen LogP) is 2.10. The zero-order valence-electron chi connectivity index (χ0n) is 12.4. The van der Waals surface area contributed by atoms with Crippen molar-refractivity contribution in [2.24, 2.45) is 23.5 Å². The Morgan fingerprint density at radius 3 is 2.67 bits per heavy atom. The van der Waals surface area contributed by atoms with Crippen molar-refractivity contribution in [1.82, 2.24) is 0 Å². The van der Waals surface area contributed by atoms with Crippen molar-refractivity contribution < 1.29 is 19.4 Å². The zero-order chi connectivity index (χ0) is 15.2. The Bertz CT molecular complexity index is 407. The highest BCUT2D eigenvalue weighted by Gasteiger charge is 2.36. The van der Waals surface area contributed by atoms with Gasteiger partial charge in [-0.25, -0.2) is 0 Å². The number of nitrogens with two attached hydrogens (primary N) is 1. The fourth-order valence-electron chi connectivity index (χ4n) is 3.29. The highest BCUT2D eigenvalue weighted by molar-refractivity contribution is 5.72. The van der Waals surface area contributed by atoms with E-state index < -0.39 is 12.0 Å². The number of ether oxygens (including phenoxy) is 1. The molecule has 0 saturated heterocycles. The molecule has 0 aromatic heterocycles. The lowest BCUT2D eigenvalue weighted by Gasteiger charge is -2.17. The number of esters is 1. The second-order valence-electron chi connectivity index (χ2n) is 6.27. The van der Waals surface area contributed by atoms with Crippen LogP contribution in [-0.4, -0.2) is 29.7 Å². The monoisotopic (exact) mass is 295 g/mol. The first-order valence-corrected chi connectivity index (χ1v) is 7.88. The number of carboxylic acids is 1. The molecule has 118 valence electrons. The summed E-state index contributed by atoms with van der Waals surface area (Å²) in [4.78, 5) is 22.2. The fourth-order valence-corrected chi connectivity index (χ4v) is 3.29. The Kier molecular flexibility index (Phi) is 5.79. The number of fused-ring (bicyclic) bond motifs is 2. The molecule has 2 aliphatic carbocycles. The van der Waals surface area contributed by atoms with E-state index >= 15 is 0 Å². The predicted molar refractivity (Wildman–Crippen MR) is 78.5 cm³/mol. The summed E-state index contributed by atoms with van der Waals surface area (Å²) in [6.07, 6.45) is 10.1. The largest absolute Gasteiger partial charge is 0.480 e. The van der Waals surface area contributed by atoms with Crippen LogP contribution in [0.1, 0.15) is 44.9 Å². The maximum absolute atomic E-state index is 11.7. The molecule has 2 rings (SSSR count). The van der Waals surface area contributed by atoms with Crippen molar-refractivity contribution in [3.05, 3.63) is 12.2 Å². The van der Waals surface area contributed by atoms with Gasteiger partial charge in [0.05, 0.1) is 6.61 Å². The molecule has 0 aromatic carbocycles. The van der Waals surface area contributed by atoms with Crippen LogP contribution in [0.25, 0.3) is 0 Å². The quantitative estimate of drug-likeness (QED) is 0.386. The fraction of sp³-hybridized carbons (Fsp3) is 0.750. The van der Waals surface area contributed by atoms with Crippen molar-refractivity contribution in [3.63, 3.8) is 0 Å². The van der Waals surface area contributed by atoms with Crippen LogP contribution in [0, 0.1) is 17.8 Å². The second-order valence-corrected chi connectivity index (χ2v) is 6.27. The average molecular weight is 295 g/mol. The number of carbonyl (C=O) groups excluding carboxylic acids is 1. The standard InChI is InChI=1S/C16H25NO4/c17-14(16(19)20)4-2-1-3-5-15(18)21-10-13-9-11-6-7-12(13)8-11/h6-7,11-14H,1-5,8-10,17H2,(H,19,20)/t11?,12?,13?,14-/m0/s1. The first-order chi connectivity index (χ1) is 10.1. The Morgan fingerprint density at radius 1 is 1.24 bits per heavy atom. The molecule has 1 fully saturated rings. The number of hydrogen-bond acceptors (Lipinski definition) is 4. The minimum Gasteiger partial charge on any atom is -0.480 e. The van der Waals surface area contributed by atoms with Crippen LogP contribution in [0.15, 0.2) is 12.2 Å². The number of unbranched alkanes of at least 4 members (excludes halogenated alkanes) is 2. The van der Waals surface area contributed by atoms with E-state index in [1.807, 2.05) is 0 Å². The van der Waals surface area contributed by atoms with E-state index in [1.54, 1.807) is 0 Å². The summed E-state index contributed by atoms with van der Waals surface area (Å²) in [5.74, 6) is 0.730. The van der Waals surface area contributed by atoms with Crippen molar-refractivity contribution in [2.45, 2.75) is 51.0 Å². The molecule has 0 radical (unpaired) electrons. The highest BCUT2D eigenvalue weighted by Crippen LogP contribution is 2.43. The molecule has 4 atom stereocenters. The molecule has 0 heterocycles. The van der Waals surface area contributed by atoms with Crippen LogP contribution in [-0.2, 0) is 14.3 Å². The third-order valence-corrected chi connectivity index (χ3v) is 4.59. The Hall–Kier alpha value is -1.36. The molecule has 21 heavy (non-hydrogen) atoms. The van der Waals surface area contributed by atoms with Crippen molar-refractivity contribution in [1.29, 1.82) is 0 Å². The number of aliphatic carboxylic acids is 1. The molecule has 2 aliphatic rings. The molecule has 0 amide bonds. The molecule has 1 saturated carbocycles. The average Bonchev–Trinajstić information content (AvgIpc) is 3.06. The van der Waals surface area contributed by atoms with Crippen LogP contribution < -0.4 is 5.73 Å². The third kappa shape index (κ3) is 4.84. The molecule has 5 nitrogen and oxygen atoms in total. The lowest BCUT2D eigenvalue weighted by molar-refractivity contribution is -0.145. The van der Waals surface area contributed by atoms with E-state index in [4.69, 9.17) is 15.6 Å². The normalized spacial score (nSPS) is 27.8. The molecule has 0 spiro atoms. The molecule has 5 heteroatoms. The molecule has 0 aliphatic heterocycles. The molecule has 3 unspecified atom stereocenters. The Labute approximate surface area is 125 Å². The van der Waals surface area contributed by atoms with Gasteiger partial charge in [-0.3, -0.25) is 9.59 Å². The van der Waals surface area contributed by atoms with Crippen LogP contribution in [0.3, 0.4) is 0 Å². The lowest BCUT2D eigenvalue weighted by atomic mass is 9.95. The first kappa shape index (κ1) is 16.0. The molecular formula is C16H25NO4. The van der Waals surface area contributed by atoms with Crippen LogP contribution in [0.4, 0.5) is 0 Å². The van der Waals surface area contributed by atoms with Crippen molar-refractivity contribution in [2.75, 3.05) is 6.61 Å². The van der Waals surface area contributed by atoms with Crippen molar-refractivity contribution in [3.8, 4) is 0 Å². The van der Waals surface area contributed by atoms with E-state index in [9.17, 15) is 9.59 Å². The summed E-state index contributed by atoms with van der Waals surface area (Å²) in [5, 5.41) is 8.64. The van der Waals surface area contributed by atoms with Gasteiger partial charge in [-0.2, -0.15) is 0 Å². The van der Waals surface area contributed by atoms with Gasteiger partial charge in [0.1, 0.15) is 6.04 Å². The van der Waals surface area contributed by atoms with Crippen LogP contribution in [0.5, 0.6) is 0 Å². The van der Waals surface area contributed by atoms with E-state index in [0.29, 0.717) is 37.2 Å². The van der Waals surface area contributed by atoms with E-state index in [-0.39, 0.29) is 5.97 Å². The minimum absolute atomic E-state index is 0.135. The number of allylic oxidation sites excluding steroid dienone is 2. The second kappa shape index (κ2) is 7.59. The summed E-state index contributed by atoms with van der Waals surface area (Å²) >= 11 is 0. The third-order valence-electron chi connectivity index (χ3n) is 4.59. The van der Waals surface area contributed by atoms with Gasteiger partial charge in [-0.1, -0.05) is 25.0 Å². The first-order valence-electron chi connectivity index (χ1n) is 7.88. The zero-order valence-corrected chi connectivity index (χ0v) is 12.4. The number of rotatable bonds is 9. The smallest absolute Gasteiger partial charge is 0.320 e. The van der Waals surface area contributed by atoms with Gasteiger partial charge in [0.2, 0.25) is 0 Å². The van der Waals surface area contributed by atoms with Gasteiger partial charge >= 0.3 is 11.9 Å². The maximum Gasteiger partial charge on any atom is 0.320 e. The van der Waals surface area contributed by atoms with Gasteiger partial charge in [-0.05, 0) is 43.4 Å². The number of carbonyl (C=O) groups is 2. The summed E-state index contributed by atoms with van der Waals surface area (Å²) in [5.41, 5.74) is 5.41. The SMILES string of the molecule is N[C@@H](CCCCCC(=O)OCC1CC2C=CC1C2)C(=O)O. The van der Waals surface area contributed by atoms with Gasteiger partial charge < -0.3 is 15.6 Å². The highest BCUT2D eigenvalue weighted by atomic mass is 16.5. The summed E-state index contributed by atoms with van der Waals surface area (Å²) in [6.45, 7) is 0.550. The molecule has 2 bridgehead atoms. The molecular weight excluding hydrogens is 270 g/mol. The summed E-state index contributed by atoms with van der Waals surface area (Å²) in [6, 6.07) is -0.789. The Balaban J connectivity index is 1.48. The minimum atomic E-state index is -0.964. The maximum atomic E-state index is 11.7. The van der Waals surface area contributed by atoms with Gasteiger partial charge in [0, 0.05) is 6.42 Å². The van der Waals surface area contributed by atoms with Crippen LogP contribution >= 0.6 is 0 Å².